The monoisotopic (exact) mass is 192 g/mol. The highest BCUT2D eigenvalue weighted by molar-refractivity contribution is 5.18. The van der Waals surface area contributed by atoms with Crippen LogP contribution in [0.25, 0.3) is 0 Å². The van der Waals surface area contributed by atoms with Crippen LogP contribution in [0.5, 0.6) is 0 Å². The Morgan fingerprint density at radius 2 is 2.07 bits per heavy atom. The van der Waals surface area contributed by atoms with Crippen molar-refractivity contribution in [1.82, 2.24) is 24.8 Å². The van der Waals surface area contributed by atoms with E-state index in [-0.39, 0.29) is 6.04 Å². The van der Waals surface area contributed by atoms with E-state index in [1.807, 2.05) is 20.2 Å². The second-order valence-electron chi connectivity index (χ2n) is 3.14. The van der Waals surface area contributed by atoms with Gasteiger partial charge in [-0.05, 0) is 6.07 Å². The number of nitrogens with zero attached hydrogens (tertiary/aromatic N) is 5. The van der Waals surface area contributed by atoms with E-state index in [9.17, 15) is 0 Å². The van der Waals surface area contributed by atoms with Crippen molar-refractivity contribution in [3.63, 3.8) is 0 Å². The van der Waals surface area contributed by atoms with E-state index < -0.39 is 0 Å². The lowest BCUT2D eigenvalue weighted by Crippen LogP contribution is -2.18. The molecule has 14 heavy (non-hydrogen) atoms. The topological polar surface area (TPSA) is 74.6 Å². The molecule has 1 atom stereocenters. The van der Waals surface area contributed by atoms with Gasteiger partial charge < -0.3 is 5.73 Å². The van der Waals surface area contributed by atoms with E-state index in [1.165, 1.54) is 0 Å². The molecule has 0 radical (unpaired) electrons. The lowest BCUT2D eigenvalue weighted by Gasteiger charge is -2.10. The van der Waals surface area contributed by atoms with Crippen LogP contribution in [0, 0.1) is 0 Å². The third-order valence-electron chi connectivity index (χ3n) is 2.25. The first-order valence-electron chi connectivity index (χ1n) is 4.28. The van der Waals surface area contributed by atoms with Gasteiger partial charge in [0.25, 0.3) is 0 Å². The van der Waals surface area contributed by atoms with Crippen LogP contribution in [0.15, 0.2) is 18.5 Å². The fourth-order valence-corrected chi connectivity index (χ4v) is 1.42. The van der Waals surface area contributed by atoms with Crippen molar-refractivity contribution in [3.8, 4) is 0 Å². The summed E-state index contributed by atoms with van der Waals surface area (Å²) in [7, 11) is 3.68. The summed E-state index contributed by atoms with van der Waals surface area (Å²) in [6.45, 7) is 0. The number of hydrogen-bond donors (Lipinski definition) is 1. The molecule has 0 saturated heterocycles. The minimum atomic E-state index is -0.234. The van der Waals surface area contributed by atoms with Crippen molar-refractivity contribution in [1.29, 1.82) is 0 Å². The Balaban J connectivity index is 2.38. The molecular weight excluding hydrogens is 180 g/mol. The molecule has 0 bridgehead atoms. The fraction of sp³-hybridized carbons (Fsp3) is 0.375. The summed E-state index contributed by atoms with van der Waals surface area (Å²) in [5, 5.41) is 11.7. The number of rotatable bonds is 2. The van der Waals surface area contributed by atoms with Gasteiger partial charge in [-0.15, -0.1) is 5.10 Å². The molecule has 2 aromatic rings. The third kappa shape index (κ3) is 1.29. The third-order valence-corrected chi connectivity index (χ3v) is 2.25. The SMILES string of the molecule is Cn1nccc1C(N)c1cnnn1C. The summed E-state index contributed by atoms with van der Waals surface area (Å²) >= 11 is 0. The van der Waals surface area contributed by atoms with E-state index >= 15 is 0 Å². The highest BCUT2D eigenvalue weighted by atomic mass is 15.4. The first kappa shape index (κ1) is 8.89. The molecule has 2 N–H and O–H groups in total. The van der Waals surface area contributed by atoms with Crippen molar-refractivity contribution in [2.24, 2.45) is 19.8 Å². The Labute approximate surface area is 81.3 Å². The Kier molecular flexibility index (Phi) is 2.05. The lowest BCUT2D eigenvalue weighted by atomic mass is 10.1. The van der Waals surface area contributed by atoms with Crippen LogP contribution in [0.1, 0.15) is 17.4 Å². The van der Waals surface area contributed by atoms with Gasteiger partial charge in [0.2, 0.25) is 0 Å². The van der Waals surface area contributed by atoms with E-state index in [0.29, 0.717) is 0 Å². The predicted octanol–water partition coefficient (Wildman–Crippen LogP) is -0.403. The number of aromatic nitrogens is 5. The summed E-state index contributed by atoms with van der Waals surface area (Å²) in [5.41, 5.74) is 7.85. The average Bonchev–Trinajstić information content (AvgIpc) is 2.73. The Hall–Kier alpha value is -1.69. The largest absolute Gasteiger partial charge is 0.318 e. The molecule has 6 heteroatoms. The smallest absolute Gasteiger partial charge is 0.0910 e. The Morgan fingerprint density at radius 1 is 1.29 bits per heavy atom. The number of hydrogen-bond acceptors (Lipinski definition) is 4. The predicted molar refractivity (Wildman–Crippen MR) is 50.2 cm³/mol. The zero-order chi connectivity index (χ0) is 10.1. The molecule has 0 spiro atoms. The van der Waals surface area contributed by atoms with Crippen LogP contribution >= 0.6 is 0 Å². The molecule has 1 unspecified atom stereocenters. The molecule has 0 saturated carbocycles. The minimum absolute atomic E-state index is 0.234. The van der Waals surface area contributed by atoms with Gasteiger partial charge in [0.1, 0.15) is 0 Å². The van der Waals surface area contributed by atoms with Gasteiger partial charge in [-0.2, -0.15) is 5.10 Å². The van der Waals surface area contributed by atoms with Crippen LogP contribution in [0.4, 0.5) is 0 Å². The van der Waals surface area contributed by atoms with Gasteiger partial charge in [-0.3, -0.25) is 9.36 Å². The summed E-state index contributed by atoms with van der Waals surface area (Å²) < 4.78 is 3.41. The van der Waals surface area contributed by atoms with Crippen molar-refractivity contribution in [2.75, 3.05) is 0 Å². The average molecular weight is 192 g/mol. The van der Waals surface area contributed by atoms with E-state index in [1.54, 1.807) is 21.8 Å². The summed E-state index contributed by atoms with van der Waals surface area (Å²) in [6, 6.07) is 1.65. The maximum atomic E-state index is 6.05. The van der Waals surface area contributed by atoms with E-state index in [4.69, 9.17) is 5.73 Å². The maximum Gasteiger partial charge on any atom is 0.0910 e. The lowest BCUT2D eigenvalue weighted by molar-refractivity contribution is 0.613. The highest BCUT2D eigenvalue weighted by Gasteiger charge is 2.15. The summed E-state index contributed by atoms with van der Waals surface area (Å²) in [4.78, 5) is 0. The van der Waals surface area contributed by atoms with Crippen LogP contribution in [-0.4, -0.2) is 24.8 Å². The van der Waals surface area contributed by atoms with Gasteiger partial charge in [0.15, 0.2) is 0 Å². The molecule has 2 aromatic heterocycles. The first-order valence-corrected chi connectivity index (χ1v) is 4.28. The highest BCUT2D eigenvalue weighted by Crippen LogP contribution is 2.16. The molecule has 0 aliphatic carbocycles. The quantitative estimate of drug-likeness (QED) is 0.702. The summed E-state index contributed by atoms with van der Waals surface area (Å²) in [6.07, 6.45) is 3.39. The van der Waals surface area contributed by atoms with Crippen molar-refractivity contribution in [3.05, 3.63) is 29.8 Å². The molecule has 0 aliphatic rings. The first-order chi connectivity index (χ1) is 6.70. The molecular formula is C8H12N6. The zero-order valence-corrected chi connectivity index (χ0v) is 8.12. The molecule has 74 valence electrons. The second kappa shape index (κ2) is 3.22. The van der Waals surface area contributed by atoms with E-state index in [2.05, 4.69) is 15.4 Å². The minimum Gasteiger partial charge on any atom is -0.318 e. The van der Waals surface area contributed by atoms with E-state index in [0.717, 1.165) is 11.4 Å². The maximum absolute atomic E-state index is 6.05. The van der Waals surface area contributed by atoms with Gasteiger partial charge in [0.05, 0.1) is 23.6 Å². The van der Waals surface area contributed by atoms with Crippen LogP contribution in [-0.2, 0) is 14.1 Å². The molecule has 2 rings (SSSR count). The van der Waals surface area contributed by atoms with Crippen LogP contribution in [0.3, 0.4) is 0 Å². The van der Waals surface area contributed by atoms with Gasteiger partial charge >= 0.3 is 0 Å². The summed E-state index contributed by atoms with van der Waals surface area (Å²) in [5.74, 6) is 0. The fourth-order valence-electron chi connectivity index (χ4n) is 1.42. The van der Waals surface area contributed by atoms with Gasteiger partial charge in [-0.1, -0.05) is 5.21 Å². The molecule has 0 fully saturated rings. The Morgan fingerprint density at radius 3 is 2.57 bits per heavy atom. The molecule has 0 aromatic carbocycles. The van der Waals surface area contributed by atoms with Gasteiger partial charge in [0, 0.05) is 20.3 Å². The molecule has 2 heterocycles. The van der Waals surface area contributed by atoms with Crippen molar-refractivity contribution >= 4 is 0 Å². The van der Waals surface area contributed by atoms with Crippen molar-refractivity contribution < 1.29 is 0 Å². The number of aryl methyl sites for hydroxylation is 2. The normalized spacial score (nSPS) is 13.1. The Bertz CT molecular complexity index is 388. The zero-order valence-electron chi connectivity index (χ0n) is 8.12. The molecule has 6 nitrogen and oxygen atoms in total. The van der Waals surface area contributed by atoms with Gasteiger partial charge in [-0.25, -0.2) is 0 Å². The van der Waals surface area contributed by atoms with Crippen LogP contribution < -0.4 is 5.73 Å². The molecule has 0 aliphatic heterocycles. The van der Waals surface area contributed by atoms with Crippen molar-refractivity contribution in [2.45, 2.75) is 6.04 Å². The molecule has 0 amide bonds. The number of nitrogens with two attached hydrogens (primary N) is 1. The second-order valence-corrected chi connectivity index (χ2v) is 3.14. The van der Waals surface area contributed by atoms with Crippen LogP contribution in [0.2, 0.25) is 0 Å². The standard InChI is InChI=1S/C8H12N6/c1-13-6(3-4-11-13)8(9)7-5-10-12-14(7)2/h3-5,8H,9H2,1-2H3.